The Hall–Kier alpha value is -2.67. The van der Waals surface area contributed by atoms with Gasteiger partial charge in [-0.1, -0.05) is 18.2 Å². The number of aromatic amines is 1. The maximum atomic E-state index is 5.45. The van der Waals surface area contributed by atoms with E-state index in [9.17, 15) is 0 Å². The zero-order chi connectivity index (χ0) is 15.5. The van der Waals surface area contributed by atoms with E-state index >= 15 is 0 Å². The minimum absolute atomic E-state index is 0.699. The van der Waals surface area contributed by atoms with Crippen LogP contribution in [0.25, 0.3) is 11.0 Å². The van der Waals surface area contributed by atoms with Crippen molar-refractivity contribution in [3.8, 4) is 0 Å². The first kappa shape index (κ1) is 14.0. The van der Waals surface area contributed by atoms with Gasteiger partial charge in [0.1, 0.15) is 12.1 Å². The van der Waals surface area contributed by atoms with Crippen molar-refractivity contribution in [2.24, 2.45) is 0 Å². The monoisotopic (exact) mass is 310 g/mol. The van der Waals surface area contributed by atoms with Crippen LogP contribution in [0.3, 0.4) is 0 Å². The van der Waals surface area contributed by atoms with E-state index in [-0.39, 0.29) is 0 Å². The lowest BCUT2D eigenvalue weighted by molar-refractivity contribution is 0.122. The molecule has 0 aliphatic carbocycles. The molecular formula is C16H18N6O. The van der Waals surface area contributed by atoms with E-state index in [1.165, 1.54) is 17.6 Å². The molecule has 4 rings (SSSR count). The second kappa shape index (κ2) is 6.21. The van der Waals surface area contributed by atoms with Crippen LogP contribution in [0, 0.1) is 0 Å². The zero-order valence-electron chi connectivity index (χ0n) is 12.7. The molecule has 3 aromatic rings. The topological polar surface area (TPSA) is 79.0 Å². The van der Waals surface area contributed by atoms with Crippen LogP contribution in [-0.4, -0.2) is 46.5 Å². The maximum Gasteiger partial charge on any atom is 0.160 e. The standard InChI is InChI=1S/C16H18N6O/c1-2-4-14(22-5-7-23-8-6-22)12(3-1)9-17-15-13-10-20-21-16(13)19-11-18-15/h1-4,10-11H,5-9H2,(H2,17,18,19,20,21). The van der Waals surface area contributed by atoms with Crippen molar-refractivity contribution in [2.45, 2.75) is 6.54 Å². The lowest BCUT2D eigenvalue weighted by atomic mass is 10.1. The first-order valence-corrected chi connectivity index (χ1v) is 7.70. The summed E-state index contributed by atoms with van der Waals surface area (Å²) in [6.07, 6.45) is 3.28. The largest absolute Gasteiger partial charge is 0.378 e. The fourth-order valence-corrected chi connectivity index (χ4v) is 2.86. The molecular weight excluding hydrogens is 292 g/mol. The number of morpholine rings is 1. The van der Waals surface area contributed by atoms with Crippen molar-refractivity contribution >= 4 is 22.5 Å². The Morgan fingerprint density at radius 2 is 2.04 bits per heavy atom. The Morgan fingerprint density at radius 1 is 1.17 bits per heavy atom. The summed E-state index contributed by atoms with van der Waals surface area (Å²) in [5, 5.41) is 11.2. The highest BCUT2D eigenvalue weighted by Gasteiger charge is 2.14. The normalized spacial score (nSPS) is 15.0. The second-order valence-corrected chi connectivity index (χ2v) is 5.44. The molecule has 7 nitrogen and oxygen atoms in total. The predicted molar refractivity (Wildman–Crippen MR) is 88.5 cm³/mol. The molecule has 1 saturated heterocycles. The molecule has 118 valence electrons. The molecule has 3 heterocycles. The first-order chi connectivity index (χ1) is 11.4. The number of para-hydroxylation sites is 1. The van der Waals surface area contributed by atoms with Gasteiger partial charge in [-0.15, -0.1) is 0 Å². The number of ether oxygens (including phenoxy) is 1. The number of nitrogens with one attached hydrogen (secondary N) is 2. The summed E-state index contributed by atoms with van der Waals surface area (Å²) >= 11 is 0. The fraction of sp³-hybridized carbons (Fsp3) is 0.312. The van der Waals surface area contributed by atoms with Crippen LogP contribution in [0.15, 0.2) is 36.8 Å². The number of H-pyrrole nitrogens is 1. The van der Waals surface area contributed by atoms with Crippen molar-refractivity contribution in [2.75, 3.05) is 36.5 Å². The summed E-state index contributed by atoms with van der Waals surface area (Å²) in [5.74, 6) is 0.792. The minimum Gasteiger partial charge on any atom is -0.378 e. The number of rotatable bonds is 4. The Morgan fingerprint density at radius 3 is 2.96 bits per heavy atom. The molecule has 1 aliphatic rings. The fourth-order valence-electron chi connectivity index (χ4n) is 2.86. The summed E-state index contributed by atoms with van der Waals surface area (Å²) in [6, 6.07) is 8.45. The Balaban J connectivity index is 1.56. The Kier molecular flexibility index (Phi) is 3.77. The molecule has 0 atom stereocenters. The second-order valence-electron chi connectivity index (χ2n) is 5.44. The van der Waals surface area contributed by atoms with Crippen LogP contribution >= 0.6 is 0 Å². The van der Waals surface area contributed by atoms with Crippen LogP contribution in [0.1, 0.15) is 5.56 Å². The first-order valence-electron chi connectivity index (χ1n) is 7.70. The maximum absolute atomic E-state index is 5.45. The molecule has 0 amide bonds. The van der Waals surface area contributed by atoms with E-state index in [4.69, 9.17) is 4.74 Å². The van der Waals surface area contributed by atoms with Gasteiger partial charge in [0.05, 0.1) is 24.8 Å². The van der Waals surface area contributed by atoms with Gasteiger partial charge in [0.15, 0.2) is 5.65 Å². The summed E-state index contributed by atoms with van der Waals surface area (Å²) in [7, 11) is 0. The van der Waals surface area contributed by atoms with Gasteiger partial charge >= 0.3 is 0 Å². The third-order valence-electron chi connectivity index (χ3n) is 4.04. The SMILES string of the molecule is c1ccc(N2CCOCC2)c(CNc2ncnc3[nH]ncc23)c1. The molecule has 1 aliphatic heterocycles. The third-order valence-corrected chi connectivity index (χ3v) is 4.04. The molecule has 2 N–H and O–H groups in total. The third kappa shape index (κ3) is 2.83. The summed E-state index contributed by atoms with van der Waals surface area (Å²) < 4.78 is 5.45. The number of hydrogen-bond donors (Lipinski definition) is 2. The zero-order valence-corrected chi connectivity index (χ0v) is 12.7. The molecule has 23 heavy (non-hydrogen) atoms. The van der Waals surface area contributed by atoms with Crippen molar-refractivity contribution in [1.29, 1.82) is 0 Å². The number of benzene rings is 1. The molecule has 0 saturated carbocycles. The number of nitrogens with zero attached hydrogens (tertiary/aromatic N) is 4. The lowest BCUT2D eigenvalue weighted by Crippen LogP contribution is -2.36. The van der Waals surface area contributed by atoms with Crippen molar-refractivity contribution in [1.82, 2.24) is 20.2 Å². The van der Waals surface area contributed by atoms with Gasteiger partial charge in [-0.25, -0.2) is 9.97 Å². The molecule has 7 heteroatoms. The smallest absolute Gasteiger partial charge is 0.160 e. The molecule has 0 unspecified atom stereocenters. The minimum atomic E-state index is 0.699. The van der Waals surface area contributed by atoms with Crippen LogP contribution < -0.4 is 10.2 Å². The van der Waals surface area contributed by atoms with E-state index in [0.717, 1.165) is 43.2 Å². The van der Waals surface area contributed by atoms with E-state index < -0.39 is 0 Å². The van der Waals surface area contributed by atoms with Crippen LogP contribution in [0.2, 0.25) is 0 Å². The van der Waals surface area contributed by atoms with Crippen molar-refractivity contribution < 1.29 is 4.74 Å². The Labute approximate surface area is 133 Å². The van der Waals surface area contributed by atoms with Gasteiger partial charge in [-0.3, -0.25) is 5.10 Å². The van der Waals surface area contributed by atoms with Gasteiger partial charge in [-0.2, -0.15) is 5.10 Å². The molecule has 1 aromatic carbocycles. The van der Waals surface area contributed by atoms with Crippen molar-refractivity contribution in [3.05, 3.63) is 42.4 Å². The average Bonchev–Trinajstić information content (AvgIpc) is 3.10. The van der Waals surface area contributed by atoms with Crippen LogP contribution in [0.4, 0.5) is 11.5 Å². The summed E-state index contributed by atoms with van der Waals surface area (Å²) in [6.45, 7) is 4.12. The highest BCUT2D eigenvalue weighted by atomic mass is 16.5. The van der Waals surface area contributed by atoms with E-state index in [2.05, 4.69) is 54.6 Å². The Bertz CT molecular complexity index is 796. The van der Waals surface area contributed by atoms with Gasteiger partial charge in [-0.05, 0) is 11.6 Å². The van der Waals surface area contributed by atoms with Gasteiger partial charge in [0.2, 0.25) is 0 Å². The number of anilines is 2. The van der Waals surface area contributed by atoms with Crippen LogP contribution in [0.5, 0.6) is 0 Å². The number of aromatic nitrogens is 4. The van der Waals surface area contributed by atoms with E-state index in [0.29, 0.717) is 6.54 Å². The highest BCUT2D eigenvalue weighted by molar-refractivity contribution is 5.85. The molecule has 0 radical (unpaired) electrons. The summed E-state index contributed by atoms with van der Waals surface area (Å²) in [4.78, 5) is 10.8. The quantitative estimate of drug-likeness (QED) is 0.765. The van der Waals surface area contributed by atoms with Crippen molar-refractivity contribution in [3.63, 3.8) is 0 Å². The van der Waals surface area contributed by atoms with Gasteiger partial charge in [0, 0.05) is 25.3 Å². The van der Waals surface area contributed by atoms with E-state index in [1.54, 1.807) is 6.20 Å². The highest BCUT2D eigenvalue weighted by Crippen LogP contribution is 2.23. The lowest BCUT2D eigenvalue weighted by Gasteiger charge is -2.30. The number of hydrogen-bond acceptors (Lipinski definition) is 6. The molecule has 0 spiro atoms. The summed E-state index contributed by atoms with van der Waals surface area (Å²) in [5.41, 5.74) is 3.23. The van der Waals surface area contributed by atoms with Crippen LogP contribution in [-0.2, 0) is 11.3 Å². The van der Waals surface area contributed by atoms with E-state index in [1.807, 2.05) is 0 Å². The van der Waals surface area contributed by atoms with Gasteiger partial charge in [0.25, 0.3) is 0 Å². The molecule has 2 aromatic heterocycles. The predicted octanol–water partition coefficient (Wildman–Crippen LogP) is 1.80. The average molecular weight is 310 g/mol. The number of fused-ring (bicyclic) bond motifs is 1. The molecule has 0 bridgehead atoms. The van der Waals surface area contributed by atoms with Gasteiger partial charge < -0.3 is 15.0 Å². The molecule has 1 fully saturated rings.